The average Bonchev–Trinajstić information content (AvgIpc) is 2.48. The quantitative estimate of drug-likeness (QED) is 0.664. The lowest BCUT2D eigenvalue weighted by molar-refractivity contribution is -0.385. The van der Waals surface area contributed by atoms with Crippen LogP contribution in [-0.2, 0) is 6.42 Å². The smallest absolute Gasteiger partial charge is 0.274 e. The first-order valence-electron chi connectivity index (χ1n) is 6.56. The van der Waals surface area contributed by atoms with E-state index in [9.17, 15) is 10.1 Å². The van der Waals surface area contributed by atoms with Crippen molar-refractivity contribution in [2.45, 2.75) is 26.3 Å². The summed E-state index contributed by atoms with van der Waals surface area (Å²) in [6, 6.07) is 10.9. The Kier molecular flexibility index (Phi) is 4.30. The highest BCUT2D eigenvalue weighted by Crippen LogP contribution is 2.26. The first-order chi connectivity index (χ1) is 9.61. The second-order valence-corrected chi connectivity index (χ2v) is 4.57. The summed E-state index contributed by atoms with van der Waals surface area (Å²) in [7, 11) is 0. The van der Waals surface area contributed by atoms with Crippen molar-refractivity contribution in [1.82, 2.24) is 4.98 Å². The van der Waals surface area contributed by atoms with Crippen molar-refractivity contribution < 1.29 is 4.92 Å². The number of nitrogens with zero attached hydrogens (tertiary/aromatic N) is 2. The molecule has 2 rings (SSSR count). The Labute approximate surface area is 117 Å². The lowest BCUT2D eigenvalue weighted by Crippen LogP contribution is -2.08. The van der Waals surface area contributed by atoms with Gasteiger partial charge in [0.05, 0.1) is 16.7 Å². The van der Waals surface area contributed by atoms with E-state index in [4.69, 9.17) is 0 Å². The summed E-state index contributed by atoms with van der Waals surface area (Å²) in [6.45, 7) is 3.88. The molecule has 0 saturated carbocycles. The first-order valence-corrected chi connectivity index (χ1v) is 6.56. The number of nitro benzene ring substituents is 1. The van der Waals surface area contributed by atoms with Gasteiger partial charge >= 0.3 is 0 Å². The average molecular weight is 271 g/mol. The Bertz CT molecular complexity index is 599. The molecule has 2 aromatic rings. The third-order valence-electron chi connectivity index (χ3n) is 3.18. The molecule has 0 aliphatic carbocycles. The molecule has 0 amide bonds. The van der Waals surface area contributed by atoms with E-state index in [1.54, 1.807) is 18.3 Å². The van der Waals surface area contributed by atoms with Crippen LogP contribution >= 0.6 is 0 Å². The predicted octanol–water partition coefficient (Wildman–Crippen LogP) is 3.73. The molecule has 0 saturated heterocycles. The van der Waals surface area contributed by atoms with E-state index >= 15 is 0 Å². The number of benzene rings is 1. The van der Waals surface area contributed by atoms with Gasteiger partial charge in [0.1, 0.15) is 0 Å². The molecule has 1 aromatic carbocycles. The minimum Gasteiger partial charge on any atom is -0.377 e. The number of pyridine rings is 1. The van der Waals surface area contributed by atoms with Gasteiger partial charge in [0.15, 0.2) is 0 Å². The molecule has 1 aromatic heterocycles. The van der Waals surface area contributed by atoms with Gasteiger partial charge in [0.25, 0.3) is 5.69 Å². The van der Waals surface area contributed by atoms with Gasteiger partial charge < -0.3 is 5.32 Å². The Morgan fingerprint density at radius 2 is 2.15 bits per heavy atom. The van der Waals surface area contributed by atoms with E-state index in [0.29, 0.717) is 6.42 Å². The zero-order chi connectivity index (χ0) is 14.5. The lowest BCUT2D eigenvalue weighted by Gasteiger charge is -2.15. The van der Waals surface area contributed by atoms with E-state index in [1.165, 1.54) is 0 Å². The van der Waals surface area contributed by atoms with Crippen molar-refractivity contribution in [2.24, 2.45) is 0 Å². The molecule has 0 bridgehead atoms. The van der Waals surface area contributed by atoms with Gasteiger partial charge in [0.2, 0.25) is 0 Å². The Morgan fingerprint density at radius 3 is 2.75 bits per heavy atom. The number of aromatic nitrogens is 1. The van der Waals surface area contributed by atoms with Crippen LogP contribution in [0.1, 0.15) is 31.1 Å². The summed E-state index contributed by atoms with van der Waals surface area (Å²) >= 11 is 0. The molecule has 104 valence electrons. The number of anilines is 1. The summed E-state index contributed by atoms with van der Waals surface area (Å²) < 4.78 is 0. The Hall–Kier alpha value is -2.43. The molecule has 1 N–H and O–H groups in total. The maximum atomic E-state index is 11.1. The maximum Gasteiger partial charge on any atom is 0.274 e. The number of nitro groups is 1. The van der Waals surface area contributed by atoms with Crippen LogP contribution in [0.15, 0.2) is 42.6 Å². The molecule has 1 unspecified atom stereocenters. The van der Waals surface area contributed by atoms with Crippen LogP contribution in [0.4, 0.5) is 11.4 Å². The van der Waals surface area contributed by atoms with Crippen molar-refractivity contribution in [2.75, 3.05) is 5.32 Å². The van der Waals surface area contributed by atoms with Gasteiger partial charge in [-0.25, -0.2) is 0 Å². The van der Waals surface area contributed by atoms with Gasteiger partial charge in [0, 0.05) is 23.5 Å². The van der Waals surface area contributed by atoms with Crippen molar-refractivity contribution >= 4 is 11.4 Å². The van der Waals surface area contributed by atoms with Crippen LogP contribution < -0.4 is 5.32 Å². The van der Waals surface area contributed by atoms with E-state index in [0.717, 1.165) is 16.9 Å². The zero-order valence-corrected chi connectivity index (χ0v) is 11.5. The number of nitrogens with one attached hydrogen (secondary N) is 1. The van der Waals surface area contributed by atoms with Gasteiger partial charge in [-0.2, -0.15) is 0 Å². The maximum absolute atomic E-state index is 11.1. The van der Waals surface area contributed by atoms with Gasteiger partial charge in [-0.05, 0) is 31.5 Å². The Morgan fingerprint density at radius 1 is 1.35 bits per heavy atom. The van der Waals surface area contributed by atoms with E-state index in [2.05, 4.69) is 10.3 Å². The van der Waals surface area contributed by atoms with Crippen LogP contribution in [0, 0.1) is 10.1 Å². The largest absolute Gasteiger partial charge is 0.377 e. The molecule has 5 heteroatoms. The number of rotatable bonds is 5. The first kappa shape index (κ1) is 14.0. The minimum absolute atomic E-state index is 0.0109. The summed E-state index contributed by atoms with van der Waals surface area (Å²) in [4.78, 5) is 15.0. The fourth-order valence-electron chi connectivity index (χ4n) is 2.08. The monoisotopic (exact) mass is 271 g/mol. The number of hydrogen-bond donors (Lipinski definition) is 1. The molecule has 0 fully saturated rings. The SMILES string of the molecule is CCc1ccc(NC(C)c2ccccn2)cc1[N+](=O)[O-]. The second kappa shape index (κ2) is 6.14. The standard InChI is InChI=1S/C15H17N3O2/c1-3-12-7-8-13(10-15(12)18(19)20)17-11(2)14-6-4-5-9-16-14/h4-11,17H,3H2,1-2H3. The topological polar surface area (TPSA) is 68.1 Å². The van der Waals surface area contributed by atoms with Crippen LogP contribution in [0.5, 0.6) is 0 Å². The van der Waals surface area contributed by atoms with Crippen molar-refractivity contribution in [3.63, 3.8) is 0 Å². The highest BCUT2D eigenvalue weighted by Gasteiger charge is 2.14. The van der Waals surface area contributed by atoms with Crippen LogP contribution in [-0.4, -0.2) is 9.91 Å². The fourth-order valence-corrected chi connectivity index (χ4v) is 2.08. The molecule has 5 nitrogen and oxygen atoms in total. The van der Waals surface area contributed by atoms with E-state index in [1.807, 2.05) is 38.1 Å². The molecule has 1 heterocycles. The predicted molar refractivity (Wildman–Crippen MR) is 78.7 cm³/mol. The lowest BCUT2D eigenvalue weighted by atomic mass is 10.1. The van der Waals surface area contributed by atoms with Crippen molar-refractivity contribution in [3.8, 4) is 0 Å². The van der Waals surface area contributed by atoms with Crippen molar-refractivity contribution in [1.29, 1.82) is 0 Å². The summed E-state index contributed by atoms with van der Waals surface area (Å²) in [5.74, 6) is 0. The zero-order valence-electron chi connectivity index (χ0n) is 11.5. The minimum atomic E-state index is -0.338. The highest BCUT2D eigenvalue weighted by atomic mass is 16.6. The normalized spacial score (nSPS) is 11.9. The molecule has 20 heavy (non-hydrogen) atoms. The summed E-state index contributed by atoms with van der Waals surface area (Å²) in [5, 5.41) is 14.3. The van der Waals surface area contributed by atoms with E-state index < -0.39 is 0 Å². The van der Waals surface area contributed by atoms with Gasteiger partial charge in [-0.1, -0.05) is 19.1 Å². The number of hydrogen-bond acceptors (Lipinski definition) is 4. The molecule has 0 aliphatic heterocycles. The Balaban J connectivity index is 2.22. The third-order valence-corrected chi connectivity index (χ3v) is 3.18. The van der Waals surface area contributed by atoms with Crippen LogP contribution in [0.2, 0.25) is 0 Å². The van der Waals surface area contributed by atoms with Crippen molar-refractivity contribution in [3.05, 3.63) is 64.0 Å². The summed E-state index contributed by atoms with van der Waals surface area (Å²) in [6.07, 6.45) is 2.38. The van der Waals surface area contributed by atoms with Gasteiger partial charge in [-0.15, -0.1) is 0 Å². The molecule has 1 atom stereocenters. The van der Waals surface area contributed by atoms with Crippen LogP contribution in [0.25, 0.3) is 0 Å². The molecular formula is C15H17N3O2. The highest BCUT2D eigenvalue weighted by molar-refractivity contribution is 5.56. The fraction of sp³-hybridized carbons (Fsp3) is 0.267. The second-order valence-electron chi connectivity index (χ2n) is 4.57. The van der Waals surface area contributed by atoms with Crippen LogP contribution in [0.3, 0.4) is 0 Å². The molecule has 0 radical (unpaired) electrons. The molecule has 0 aliphatic rings. The summed E-state index contributed by atoms with van der Waals surface area (Å²) in [5.41, 5.74) is 2.53. The molecular weight excluding hydrogens is 254 g/mol. The number of aryl methyl sites for hydroxylation is 1. The third kappa shape index (κ3) is 3.12. The van der Waals surface area contributed by atoms with E-state index in [-0.39, 0.29) is 16.7 Å². The van der Waals surface area contributed by atoms with Gasteiger partial charge in [-0.3, -0.25) is 15.1 Å². The molecule has 0 spiro atoms.